The van der Waals surface area contributed by atoms with Gasteiger partial charge in [0.05, 0.1) is 11.0 Å². The Balaban J connectivity index is 2.04. The lowest BCUT2D eigenvalue weighted by Gasteiger charge is -2.21. The third-order valence-electron chi connectivity index (χ3n) is 3.72. The zero-order valence-corrected chi connectivity index (χ0v) is 14.3. The van der Waals surface area contributed by atoms with Crippen molar-refractivity contribution in [1.82, 2.24) is 0 Å². The smallest absolute Gasteiger partial charge is 0.293 e. The van der Waals surface area contributed by atoms with Gasteiger partial charge >= 0.3 is 0 Å². The zero-order chi connectivity index (χ0) is 16.9. The van der Waals surface area contributed by atoms with E-state index in [4.69, 9.17) is 0 Å². The SMILES string of the molecule is O=[N+]([O-])c1cc(Br)ccc1NC(c1ccccc1)c1ccccc1. The first kappa shape index (κ1) is 16.2. The van der Waals surface area contributed by atoms with Crippen LogP contribution in [0.1, 0.15) is 17.2 Å². The molecule has 0 spiro atoms. The van der Waals surface area contributed by atoms with Crippen molar-refractivity contribution in [1.29, 1.82) is 0 Å². The van der Waals surface area contributed by atoms with Crippen molar-refractivity contribution in [2.24, 2.45) is 0 Å². The van der Waals surface area contributed by atoms with Crippen LogP contribution in [0.5, 0.6) is 0 Å². The van der Waals surface area contributed by atoms with Gasteiger partial charge in [0.25, 0.3) is 5.69 Å². The van der Waals surface area contributed by atoms with Crippen LogP contribution in [0.4, 0.5) is 11.4 Å². The molecule has 0 heterocycles. The summed E-state index contributed by atoms with van der Waals surface area (Å²) in [4.78, 5) is 11.0. The number of nitro groups is 1. The van der Waals surface area contributed by atoms with Crippen LogP contribution in [-0.2, 0) is 0 Å². The minimum Gasteiger partial charge on any atom is -0.369 e. The molecule has 0 saturated heterocycles. The normalized spacial score (nSPS) is 10.6. The van der Waals surface area contributed by atoms with E-state index in [9.17, 15) is 10.1 Å². The molecule has 0 atom stereocenters. The monoisotopic (exact) mass is 382 g/mol. The summed E-state index contributed by atoms with van der Waals surface area (Å²) in [6.45, 7) is 0. The number of benzene rings is 3. The Labute approximate surface area is 148 Å². The number of nitro benzene ring substituents is 1. The quantitative estimate of drug-likeness (QED) is 0.464. The third kappa shape index (κ3) is 3.63. The van der Waals surface area contributed by atoms with Gasteiger partial charge < -0.3 is 5.32 Å². The van der Waals surface area contributed by atoms with Crippen molar-refractivity contribution in [3.05, 3.63) is 105 Å². The highest BCUT2D eigenvalue weighted by molar-refractivity contribution is 9.10. The average molecular weight is 383 g/mol. The second-order valence-corrected chi connectivity index (χ2v) is 6.23. The molecule has 120 valence electrons. The first-order chi connectivity index (χ1) is 11.6. The molecular formula is C19H15BrN2O2. The maximum absolute atomic E-state index is 11.4. The molecular weight excluding hydrogens is 368 g/mol. The maximum atomic E-state index is 11.4. The lowest BCUT2D eigenvalue weighted by Crippen LogP contribution is -2.13. The van der Waals surface area contributed by atoms with Crippen LogP contribution >= 0.6 is 15.9 Å². The lowest BCUT2D eigenvalue weighted by molar-refractivity contribution is -0.384. The summed E-state index contributed by atoms with van der Waals surface area (Å²) in [6.07, 6.45) is 0. The van der Waals surface area contributed by atoms with E-state index in [2.05, 4.69) is 21.2 Å². The van der Waals surface area contributed by atoms with Crippen molar-refractivity contribution < 1.29 is 4.92 Å². The molecule has 0 saturated carbocycles. The lowest BCUT2D eigenvalue weighted by atomic mass is 9.98. The molecule has 0 aliphatic heterocycles. The second-order valence-electron chi connectivity index (χ2n) is 5.32. The second kappa shape index (κ2) is 7.27. The van der Waals surface area contributed by atoms with Gasteiger partial charge in [-0.05, 0) is 23.3 Å². The largest absolute Gasteiger partial charge is 0.369 e. The van der Waals surface area contributed by atoms with E-state index in [0.717, 1.165) is 11.1 Å². The maximum Gasteiger partial charge on any atom is 0.293 e. The Morgan fingerprint density at radius 3 is 1.92 bits per heavy atom. The van der Waals surface area contributed by atoms with Crippen LogP contribution in [0.25, 0.3) is 0 Å². The molecule has 0 fully saturated rings. The Bertz CT molecular complexity index is 799. The molecule has 24 heavy (non-hydrogen) atoms. The molecule has 0 aliphatic rings. The molecule has 1 N–H and O–H groups in total. The molecule has 0 radical (unpaired) electrons. The molecule has 0 unspecified atom stereocenters. The molecule has 0 aromatic heterocycles. The van der Waals surface area contributed by atoms with Gasteiger partial charge in [-0.1, -0.05) is 76.6 Å². The Hall–Kier alpha value is -2.66. The van der Waals surface area contributed by atoms with E-state index in [1.807, 2.05) is 60.7 Å². The number of hydrogen-bond donors (Lipinski definition) is 1. The van der Waals surface area contributed by atoms with E-state index in [0.29, 0.717) is 10.2 Å². The molecule has 0 amide bonds. The molecule has 4 nitrogen and oxygen atoms in total. The highest BCUT2D eigenvalue weighted by Crippen LogP contribution is 2.33. The van der Waals surface area contributed by atoms with Crippen LogP contribution < -0.4 is 5.32 Å². The first-order valence-electron chi connectivity index (χ1n) is 7.45. The molecule has 5 heteroatoms. The summed E-state index contributed by atoms with van der Waals surface area (Å²) in [6, 6.07) is 24.6. The van der Waals surface area contributed by atoms with Crippen molar-refractivity contribution in [3.63, 3.8) is 0 Å². The number of rotatable bonds is 5. The zero-order valence-electron chi connectivity index (χ0n) is 12.7. The van der Waals surface area contributed by atoms with Gasteiger partial charge in [-0.2, -0.15) is 0 Å². The summed E-state index contributed by atoms with van der Waals surface area (Å²) in [5.41, 5.74) is 2.61. The molecule has 3 aromatic carbocycles. The van der Waals surface area contributed by atoms with Crippen molar-refractivity contribution >= 4 is 27.3 Å². The van der Waals surface area contributed by atoms with Gasteiger partial charge in [-0.3, -0.25) is 10.1 Å². The van der Waals surface area contributed by atoms with Crippen LogP contribution in [0.2, 0.25) is 0 Å². The average Bonchev–Trinajstić information content (AvgIpc) is 2.62. The predicted octanol–water partition coefficient (Wildman–Crippen LogP) is 5.56. The predicted molar refractivity (Wildman–Crippen MR) is 99.1 cm³/mol. The van der Waals surface area contributed by atoms with Gasteiger partial charge in [-0.25, -0.2) is 0 Å². The first-order valence-corrected chi connectivity index (χ1v) is 8.25. The number of nitrogens with one attached hydrogen (secondary N) is 1. The minimum atomic E-state index is -0.375. The van der Waals surface area contributed by atoms with Crippen LogP contribution in [0.3, 0.4) is 0 Å². The summed E-state index contributed by atoms with van der Waals surface area (Å²) in [5, 5.41) is 14.7. The number of anilines is 1. The molecule has 3 aromatic rings. The van der Waals surface area contributed by atoms with Crippen LogP contribution in [0.15, 0.2) is 83.3 Å². The Kier molecular flexibility index (Phi) is 4.91. The number of hydrogen-bond acceptors (Lipinski definition) is 3. The van der Waals surface area contributed by atoms with E-state index in [1.165, 1.54) is 6.07 Å². The minimum absolute atomic E-state index is 0.0428. The summed E-state index contributed by atoms with van der Waals surface area (Å²) >= 11 is 3.29. The summed E-state index contributed by atoms with van der Waals surface area (Å²) in [5.74, 6) is 0. The highest BCUT2D eigenvalue weighted by atomic mass is 79.9. The van der Waals surface area contributed by atoms with E-state index < -0.39 is 0 Å². The fourth-order valence-corrected chi connectivity index (χ4v) is 2.93. The van der Waals surface area contributed by atoms with Crippen LogP contribution in [0, 0.1) is 10.1 Å². The van der Waals surface area contributed by atoms with Crippen molar-refractivity contribution in [2.75, 3.05) is 5.32 Å². The Morgan fingerprint density at radius 1 is 0.875 bits per heavy atom. The highest BCUT2D eigenvalue weighted by Gasteiger charge is 2.20. The number of halogens is 1. The third-order valence-corrected chi connectivity index (χ3v) is 4.22. The van der Waals surface area contributed by atoms with E-state index in [-0.39, 0.29) is 16.7 Å². The summed E-state index contributed by atoms with van der Waals surface area (Å²) < 4.78 is 0.677. The van der Waals surface area contributed by atoms with Gasteiger partial charge in [0, 0.05) is 10.5 Å². The van der Waals surface area contributed by atoms with E-state index in [1.54, 1.807) is 12.1 Å². The van der Waals surface area contributed by atoms with Crippen LogP contribution in [-0.4, -0.2) is 4.92 Å². The Morgan fingerprint density at radius 2 is 1.42 bits per heavy atom. The topological polar surface area (TPSA) is 55.2 Å². The summed E-state index contributed by atoms with van der Waals surface area (Å²) in [7, 11) is 0. The van der Waals surface area contributed by atoms with Gasteiger partial charge in [0.2, 0.25) is 0 Å². The number of nitrogens with zero attached hydrogens (tertiary/aromatic N) is 1. The van der Waals surface area contributed by atoms with Gasteiger partial charge in [0.15, 0.2) is 0 Å². The molecule has 0 bridgehead atoms. The van der Waals surface area contributed by atoms with Crippen molar-refractivity contribution in [2.45, 2.75) is 6.04 Å². The van der Waals surface area contributed by atoms with Crippen molar-refractivity contribution in [3.8, 4) is 0 Å². The molecule has 3 rings (SSSR count). The van der Waals surface area contributed by atoms with Gasteiger partial charge in [-0.15, -0.1) is 0 Å². The van der Waals surface area contributed by atoms with Gasteiger partial charge in [0.1, 0.15) is 5.69 Å². The fraction of sp³-hybridized carbons (Fsp3) is 0.0526. The standard InChI is InChI=1S/C19H15BrN2O2/c20-16-11-12-17(18(13-16)22(23)24)21-19(14-7-3-1-4-8-14)15-9-5-2-6-10-15/h1-13,19,21H. The van der Waals surface area contributed by atoms with E-state index >= 15 is 0 Å². The molecule has 0 aliphatic carbocycles. The fourth-order valence-electron chi connectivity index (χ4n) is 2.58.